The van der Waals surface area contributed by atoms with Gasteiger partial charge in [0.2, 0.25) is 6.36 Å². The highest BCUT2D eigenvalue weighted by Crippen LogP contribution is 2.31. The summed E-state index contributed by atoms with van der Waals surface area (Å²) < 4.78 is 19.2. The molecule has 1 amide bonds. The van der Waals surface area contributed by atoms with Gasteiger partial charge >= 0.3 is 0 Å². The van der Waals surface area contributed by atoms with Crippen LogP contribution in [0.1, 0.15) is 22.3 Å². The van der Waals surface area contributed by atoms with Crippen molar-refractivity contribution in [3.63, 3.8) is 0 Å². The predicted molar refractivity (Wildman–Crippen MR) is 109 cm³/mol. The van der Waals surface area contributed by atoms with Crippen LogP contribution in [0, 0.1) is 0 Å². The Morgan fingerprint density at radius 3 is 2.79 bits per heavy atom. The van der Waals surface area contributed by atoms with E-state index in [0.29, 0.717) is 10.7 Å². The van der Waals surface area contributed by atoms with E-state index in [0.717, 1.165) is 16.3 Å². The van der Waals surface area contributed by atoms with Crippen molar-refractivity contribution in [2.24, 2.45) is 0 Å². The van der Waals surface area contributed by atoms with E-state index in [2.05, 4.69) is 10.3 Å². The minimum absolute atomic E-state index is 0.0806. The van der Waals surface area contributed by atoms with Gasteiger partial charge in [0.25, 0.3) is 5.91 Å². The Balaban J connectivity index is 1.65. The minimum atomic E-state index is -1.89. The molecule has 3 atom stereocenters. The summed E-state index contributed by atoms with van der Waals surface area (Å²) in [7, 11) is 0. The number of aromatic nitrogens is 1. The summed E-state index contributed by atoms with van der Waals surface area (Å²) in [5.41, 5.74) is -0.0663. The second-order valence-corrected chi connectivity index (χ2v) is 7.64. The molecule has 0 bridgehead atoms. The van der Waals surface area contributed by atoms with Gasteiger partial charge in [-0.3, -0.25) is 4.79 Å². The minimum Gasteiger partial charge on any atom is -0.385 e. The standard InChI is InChI=1S/C22H20ClFN2O3/c23-18-8-5-14(13-25-18)12-22(9-10-29-20(24)19(22)27)26-21(28)17-7-6-15-3-1-2-4-16(15)11-17/h1-8,11,13,19-20,27H,9-10,12H2,(H,26,28)/t19-,20?,22+/m1/s1. The second kappa shape index (κ2) is 8.06. The van der Waals surface area contributed by atoms with Gasteiger partial charge in [-0.05, 0) is 47.4 Å². The smallest absolute Gasteiger partial charge is 0.251 e. The lowest BCUT2D eigenvalue weighted by Crippen LogP contribution is -2.64. The Morgan fingerprint density at radius 2 is 2.03 bits per heavy atom. The van der Waals surface area contributed by atoms with Crippen LogP contribution in [0.5, 0.6) is 0 Å². The van der Waals surface area contributed by atoms with Crippen molar-refractivity contribution in [1.29, 1.82) is 0 Å². The van der Waals surface area contributed by atoms with Crippen molar-refractivity contribution in [1.82, 2.24) is 10.3 Å². The van der Waals surface area contributed by atoms with E-state index in [1.807, 2.05) is 30.3 Å². The van der Waals surface area contributed by atoms with Crippen LogP contribution in [0.4, 0.5) is 4.39 Å². The molecule has 0 aliphatic carbocycles. The Bertz CT molecular complexity index is 1030. The van der Waals surface area contributed by atoms with Crippen LogP contribution in [0.3, 0.4) is 0 Å². The third-order valence-electron chi connectivity index (χ3n) is 5.32. The number of carbonyl (C=O) groups excluding carboxylic acids is 1. The molecule has 3 aromatic rings. The maximum absolute atomic E-state index is 14.2. The first-order chi connectivity index (χ1) is 14.0. The van der Waals surface area contributed by atoms with Crippen molar-refractivity contribution in [2.45, 2.75) is 30.8 Å². The lowest BCUT2D eigenvalue weighted by atomic mass is 9.81. The van der Waals surface area contributed by atoms with Crippen LogP contribution in [-0.2, 0) is 11.2 Å². The number of aliphatic hydroxyl groups excluding tert-OH is 1. The summed E-state index contributed by atoms with van der Waals surface area (Å²) in [4.78, 5) is 17.1. The van der Waals surface area contributed by atoms with Gasteiger partial charge in [-0.1, -0.05) is 48.0 Å². The summed E-state index contributed by atoms with van der Waals surface area (Å²) in [5.74, 6) is -0.383. The van der Waals surface area contributed by atoms with Gasteiger partial charge in [0, 0.05) is 11.8 Å². The fraction of sp³-hybridized carbons (Fsp3) is 0.273. The zero-order valence-electron chi connectivity index (χ0n) is 15.5. The first kappa shape index (κ1) is 19.8. The van der Waals surface area contributed by atoms with E-state index in [9.17, 15) is 14.3 Å². The third kappa shape index (κ3) is 4.10. The van der Waals surface area contributed by atoms with E-state index in [1.165, 1.54) is 0 Å². The summed E-state index contributed by atoms with van der Waals surface area (Å²) in [6.45, 7) is 0.0806. The number of nitrogens with one attached hydrogen (secondary N) is 1. The molecule has 150 valence electrons. The Labute approximate surface area is 172 Å². The van der Waals surface area contributed by atoms with Crippen LogP contribution in [0.25, 0.3) is 10.8 Å². The molecule has 2 N–H and O–H groups in total. The molecule has 29 heavy (non-hydrogen) atoms. The number of rotatable bonds is 4. The number of aliphatic hydroxyl groups is 1. The largest absolute Gasteiger partial charge is 0.385 e. The van der Waals surface area contributed by atoms with E-state index in [-0.39, 0.29) is 25.4 Å². The molecule has 1 aromatic heterocycles. The average molecular weight is 415 g/mol. The van der Waals surface area contributed by atoms with Gasteiger partial charge in [-0.25, -0.2) is 9.37 Å². The Morgan fingerprint density at radius 1 is 1.24 bits per heavy atom. The molecule has 1 fully saturated rings. The van der Waals surface area contributed by atoms with Crippen molar-refractivity contribution >= 4 is 28.3 Å². The number of amides is 1. The van der Waals surface area contributed by atoms with Crippen LogP contribution in [0.2, 0.25) is 5.15 Å². The zero-order valence-corrected chi connectivity index (χ0v) is 16.3. The van der Waals surface area contributed by atoms with Gasteiger partial charge in [0.1, 0.15) is 11.3 Å². The number of pyridine rings is 1. The summed E-state index contributed by atoms with van der Waals surface area (Å²) >= 11 is 5.84. The molecular formula is C22H20ClFN2O3. The molecule has 5 nitrogen and oxygen atoms in total. The molecule has 1 saturated heterocycles. The molecule has 1 aliphatic heterocycles. The molecule has 0 spiro atoms. The van der Waals surface area contributed by atoms with Crippen LogP contribution < -0.4 is 5.32 Å². The van der Waals surface area contributed by atoms with Crippen LogP contribution in [0.15, 0.2) is 60.8 Å². The number of fused-ring (bicyclic) bond motifs is 1. The monoisotopic (exact) mass is 414 g/mol. The molecule has 0 radical (unpaired) electrons. The molecular weight excluding hydrogens is 395 g/mol. The highest BCUT2D eigenvalue weighted by atomic mass is 35.5. The quantitative estimate of drug-likeness (QED) is 0.639. The van der Waals surface area contributed by atoms with Gasteiger partial charge in [0.15, 0.2) is 0 Å². The number of ether oxygens (including phenoxy) is 1. The van der Waals surface area contributed by atoms with Crippen molar-refractivity contribution < 1.29 is 19.0 Å². The van der Waals surface area contributed by atoms with Gasteiger partial charge in [0.05, 0.1) is 12.1 Å². The summed E-state index contributed by atoms with van der Waals surface area (Å²) in [6, 6.07) is 16.4. The molecule has 1 unspecified atom stereocenters. The fourth-order valence-corrected chi connectivity index (χ4v) is 3.83. The third-order valence-corrected chi connectivity index (χ3v) is 5.55. The van der Waals surface area contributed by atoms with E-state index < -0.39 is 18.0 Å². The van der Waals surface area contributed by atoms with Crippen molar-refractivity contribution in [3.8, 4) is 0 Å². The number of alkyl halides is 1. The maximum atomic E-state index is 14.2. The molecule has 2 heterocycles. The van der Waals surface area contributed by atoms with Gasteiger partial charge in [-0.2, -0.15) is 0 Å². The first-order valence-corrected chi connectivity index (χ1v) is 9.70. The first-order valence-electron chi connectivity index (χ1n) is 9.32. The van der Waals surface area contributed by atoms with Crippen molar-refractivity contribution in [3.05, 3.63) is 77.1 Å². The highest BCUT2D eigenvalue weighted by Gasteiger charge is 2.47. The maximum Gasteiger partial charge on any atom is 0.251 e. The van der Waals surface area contributed by atoms with E-state index in [4.69, 9.17) is 16.3 Å². The van der Waals surface area contributed by atoms with Crippen LogP contribution >= 0.6 is 11.6 Å². The zero-order chi connectivity index (χ0) is 20.4. The SMILES string of the molecule is O=C(N[C@]1(Cc2ccc(Cl)nc2)CCOC(F)[C@H]1O)c1ccc2ccccc2c1. The molecule has 7 heteroatoms. The Kier molecular flexibility index (Phi) is 5.50. The fourth-order valence-electron chi connectivity index (χ4n) is 3.72. The highest BCUT2D eigenvalue weighted by molar-refractivity contribution is 6.29. The van der Waals surface area contributed by atoms with E-state index in [1.54, 1.807) is 30.5 Å². The predicted octanol–water partition coefficient (Wildman–Crippen LogP) is 3.68. The molecule has 4 rings (SSSR count). The molecule has 2 aromatic carbocycles. The lowest BCUT2D eigenvalue weighted by Gasteiger charge is -2.43. The number of hydrogen-bond acceptors (Lipinski definition) is 4. The topological polar surface area (TPSA) is 71.5 Å². The molecule has 1 aliphatic rings. The second-order valence-electron chi connectivity index (χ2n) is 7.25. The normalized spacial score (nSPS) is 24.4. The van der Waals surface area contributed by atoms with E-state index >= 15 is 0 Å². The number of benzene rings is 2. The summed E-state index contributed by atoms with van der Waals surface area (Å²) in [6.07, 6.45) is -1.39. The number of nitrogens with zero attached hydrogens (tertiary/aromatic N) is 1. The lowest BCUT2D eigenvalue weighted by molar-refractivity contribution is -0.177. The summed E-state index contributed by atoms with van der Waals surface area (Å²) in [5, 5.41) is 15.8. The molecule has 0 saturated carbocycles. The number of carbonyl (C=O) groups is 1. The van der Waals surface area contributed by atoms with Crippen LogP contribution in [-0.4, -0.2) is 40.6 Å². The average Bonchev–Trinajstić information content (AvgIpc) is 2.73. The van der Waals surface area contributed by atoms with Crippen molar-refractivity contribution in [2.75, 3.05) is 6.61 Å². The van der Waals surface area contributed by atoms with Gasteiger partial charge in [-0.15, -0.1) is 0 Å². The number of hydrogen-bond donors (Lipinski definition) is 2. The number of halogens is 2. The van der Waals surface area contributed by atoms with Gasteiger partial charge < -0.3 is 15.2 Å². The Hall–Kier alpha value is -2.54.